The molecular weight excluding hydrogens is 260 g/mol. The summed E-state index contributed by atoms with van der Waals surface area (Å²) in [6.45, 7) is 3.73. The monoisotopic (exact) mass is 278 g/mol. The van der Waals surface area contributed by atoms with Crippen LogP contribution in [0.3, 0.4) is 0 Å². The molecule has 0 aliphatic carbocycles. The lowest BCUT2D eigenvalue weighted by Crippen LogP contribution is -2.40. The number of non-ortho nitro benzene ring substituents is 1. The van der Waals surface area contributed by atoms with Crippen LogP contribution in [0.25, 0.3) is 0 Å². The normalized spacial score (nSPS) is 15.9. The van der Waals surface area contributed by atoms with Gasteiger partial charge in [-0.3, -0.25) is 14.9 Å². The van der Waals surface area contributed by atoms with E-state index in [1.54, 1.807) is 0 Å². The first-order valence-corrected chi connectivity index (χ1v) is 6.71. The Labute approximate surface area is 117 Å². The highest BCUT2D eigenvalue weighted by Gasteiger charge is 2.20. The van der Waals surface area contributed by atoms with Crippen LogP contribution in [0.4, 0.5) is 5.69 Å². The first-order chi connectivity index (χ1) is 9.56. The first kappa shape index (κ1) is 14.3. The van der Waals surface area contributed by atoms with E-state index in [0.29, 0.717) is 11.7 Å². The third-order valence-corrected chi connectivity index (χ3v) is 3.55. The molecule has 1 aromatic carbocycles. The molecule has 1 saturated heterocycles. The van der Waals surface area contributed by atoms with Crippen molar-refractivity contribution in [3.63, 3.8) is 0 Å². The summed E-state index contributed by atoms with van der Waals surface area (Å²) in [5.41, 5.74) is 0.00805. The third kappa shape index (κ3) is 3.69. The highest BCUT2D eigenvalue weighted by Crippen LogP contribution is 2.18. The van der Waals surface area contributed by atoms with Gasteiger partial charge in [-0.1, -0.05) is 6.92 Å². The quantitative estimate of drug-likeness (QED) is 0.625. The van der Waals surface area contributed by atoms with Gasteiger partial charge in [0.05, 0.1) is 4.92 Å². The molecule has 1 heterocycles. The van der Waals surface area contributed by atoms with Crippen LogP contribution in [0.5, 0.6) is 5.75 Å². The molecule has 1 fully saturated rings. The maximum atomic E-state index is 11.9. The number of carbonyl (C=O) groups is 1. The molecule has 1 aliphatic rings. The Balaban J connectivity index is 1.82. The molecule has 0 unspecified atom stereocenters. The molecule has 0 N–H and O–H groups in total. The molecule has 108 valence electrons. The van der Waals surface area contributed by atoms with Crippen LogP contribution in [-0.2, 0) is 4.79 Å². The van der Waals surface area contributed by atoms with E-state index in [-0.39, 0.29) is 18.2 Å². The lowest BCUT2D eigenvalue weighted by Gasteiger charge is -2.30. The molecule has 0 atom stereocenters. The van der Waals surface area contributed by atoms with E-state index in [1.165, 1.54) is 24.3 Å². The van der Waals surface area contributed by atoms with E-state index in [9.17, 15) is 14.9 Å². The maximum Gasteiger partial charge on any atom is 0.269 e. The molecule has 0 saturated carbocycles. The van der Waals surface area contributed by atoms with Gasteiger partial charge in [0.25, 0.3) is 11.6 Å². The molecule has 0 radical (unpaired) electrons. The molecular formula is C14H18N2O4. The lowest BCUT2D eigenvalue weighted by atomic mass is 9.99. The number of piperidine rings is 1. The molecule has 1 aliphatic heterocycles. The second-order valence-corrected chi connectivity index (χ2v) is 5.10. The minimum atomic E-state index is -0.468. The molecule has 1 amide bonds. The van der Waals surface area contributed by atoms with Gasteiger partial charge < -0.3 is 9.64 Å². The van der Waals surface area contributed by atoms with Crippen molar-refractivity contribution in [3.05, 3.63) is 34.4 Å². The van der Waals surface area contributed by atoms with Crippen molar-refractivity contribution in [2.45, 2.75) is 19.8 Å². The maximum absolute atomic E-state index is 11.9. The van der Waals surface area contributed by atoms with Gasteiger partial charge in [-0.05, 0) is 30.9 Å². The van der Waals surface area contributed by atoms with Gasteiger partial charge in [-0.25, -0.2) is 0 Å². The number of hydrogen-bond acceptors (Lipinski definition) is 4. The highest BCUT2D eigenvalue weighted by atomic mass is 16.6. The summed E-state index contributed by atoms with van der Waals surface area (Å²) < 4.78 is 5.37. The van der Waals surface area contributed by atoms with Crippen LogP contribution in [-0.4, -0.2) is 35.4 Å². The standard InChI is InChI=1S/C14H18N2O4/c1-11-6-8-15(9-7-11)14(17)10-20-13-4-2-12(3-5-13)16(18)19/h2-5,11H,6-10H2,1H3. The van der Waals surface area contributed by atoms with Crippen molar-refractivity contribution < 1.29 is 14.5 Å². The molecule has 6 heteroatoms. The van der Waals surface area contributed by atoms with Crippen molar-refractivity contribution in [1.29, 1.82) is 0 Å². The second kappa shape index (κ2) is 6.36. The largest absolute Gasteiger partial charge is 0.484 e. The zero-order valence-electron chi connectivity index (χ0n) is 11.4. The Morgan fingerprint density at radius 3 is 2.50 bits per heavy atom. The van der Waals surface area contributed by atoms with E-state index in [4.69, 9.17) is 4.74 Å². The lowest BCUT2D eigenvalue weighted by molar-refractivity contribution is -0.384. The SMILES string of the molecule is CC1CCN(C(=O)COc2ccc([N+](=O)[O-])cc2)CC1. The molecule has 0 bridgehead atoms. The Morgan fingerprint density at radius 2 is 1.95 bits per heavy atom. The van der Waals surface area contributed by atoms with Gasteiger partial charge in [0.1, 0.15) is 5.75 Å². The van der Waals surface area contributed by atoms with E-state index in [2.05, 4.69) is 6.92 Å². The van der Waals surface area contributed by atoms with Crippen molar-refractivity contribution in [2.75, 3.05) is 19.7 Å². The molecule has 20 heavy (non-hydrogen) atoms. The number of nitro benzene ring substituents is 1. The van der Waals surface area contributed by atoms with Gasteiger partial charge >= 0.3 is 0 Å². The van der Waals surface area contributed by atoms with Crippen LogP contribution in [0, 0.1) is 16.0 Å². The molecule has 1 aromatic rings. The Morgan fingerprint density at radius 1 is 1.35 bits per heavy atom. The number of hydrogen-bond donors (Lipinski definition) is 0. The molecule has 6 nitrogen and oxygen atoms in total. The van der Waals surface area contributed by atoms with E-state index < -0.39 is 4.92 Å². The summed E-state index contributed by atoms with van der Waals surface area (Å²) in [5.74, 6) is 1.11. The fraction of sp³-hybridized carbons (Fsp3) is 0.500. The Hall–Kier alpha value is -2.11. The first-order valence-electron chi connectivity index (χ1n) is 6.71. The summed E-state index contributed by atoms with van der Waals surface area (Å²) in [5, 5.41) is 10.5. The molecule has 0 spiro atoms. The van der Waals surface area contributed by atoms with Crippen molar-refractivity contribution in [2.24, 2.45) is 5.92 Å². The summed E-state index contributed by atoms with van der Waals surface area (Å²) in [6, 6.07) is 5.73. The molecule has 2 rings (SSSR count). The van der Waals surface area contributed by atoms with Crippen LogP contribution < -0.4 is 4.74 Å². The fourth-order valence-electron chi connectivity index (χ4n) is 2.16. The second-order valence-electron chi connectivity index (χ2n) is 5.10. The highest BCUT2D eigenvalue weighted by molar-refractivity contribution is 5.77. The Bertz CT molecular complexity index is 478. The van der Waals surface area contributed by atoms with E-state index in [1.807, 2.05) is 4.90 Å². The summed E-state index contributed by atoms with van der Waals surface area (Å²) >= 11 is 0. The number of nitro groups is 1. The Kier molecular flexibility index (Phi) is 4.55. The van der Waals surface area contributed by atoms with E-state index >= 15 is 0 Å². The van der Waals surface area contributed by atoms with E-state index in [0.717, 1.165) is 25.9 Å². The number of nitrogens with zero attached hydrogens (tertiary/aromatic N) is 2. The fourth-order valence-corrected chi connectivity index (χ4v) is 2.16. The zero-order valence-corrected chi connectivity index (χ0v) is 11.4. The number of benzene rings is 1. The van der Waals surface area contributed by atoms with Crippen LogP contribution in [0.15, 0.2) is 24.3 Å². The summed E-state index contributed by atoms with van der Waals surface area (Å²) in [4.78, 5) is 23.8. The minimum Gasteiger partial charge on any atom is -0.484 e. The van der Waals surface area contributed by atoms with Gasteiger partial charge in [0.15, 0.2) is 6.61 Å². The van der Waals surface area contributed by atoms with Crippen molar-refractivity contribution in [1.82, 2.24) is 4.90 Å². The average molecular weight is 278 g/mol. The minimum absolute atomic E-state index is 0.00805. The van der Waals surface area contributed by atoms with Crippen LogP contribution in [0.2, 0.25) is 0 Å². The zero-order chi connectivity index (χ0) is 14.5. The predicted molar refractivity (Wildman–Crippen MR) is 73.6 cm³/mol. The van der Waals surface area contributed by atoms with Gasteiger partial charge in [-0.2, -0.15) is 0 Å². The topological polar surface area (TPSA) is 72.7 Å². The van der Waals surface area contributed by atoms with Gasteiger partial charge in [0, 0.05) is 25.2 Å². The summed E-state index contributed by atoms with van der Waals surface area (Å²) in [6.07, 6.45) is 2.06. The third-order valence-electron chi connectivity index (χ3n) is 3.55. The molecule has 0 aromatic heterocycles. The number of carbonyl (C=O) groups excluding carboxylic acids is 1. The van der Waals surface area contributed by atoms with Gasteiger partial charge in [0.2, 0.25) is 0 Å². The number of ether oxygens (including phenoxy) is 1. The predicted octanol–water partition coefficient (Wildman–Crippen LogP) is 2.23. The van der Waals surface area contributed by atoms with Crippen LogP contribution in [0.1, 0.15) is 19.8 Å². The van der Waals surface area contributed by atoms with Crippen molar-refractivity contribution in [3.8, 4) is 5.75 Å². The van der Waals surface area contributed by atoms with Crippen LogP contribution >= 0.6 is 0 Å². The van der Waals surface area contributed by atoms with Crippen molar-refractivity contribution >= 4 is 11.6 Å². The smallest absolute Gasteiger partial charge is 0.269 e. The number of likely N-dealkylation sites (tertiary alicyclic amines) is 1. The number of amides is 1. The number of rotatable bonds is 4. The van der Waals surface area contributed by atoms with Gasteiger partial charge in [-0.15, -0.1) is 0 Å². The summed E-state index contributed by atoms with van der Waals surface area (Å²) in [7, 11) is 0. The average Bonchev–Trinajstić information content (AvgIpc) is 2.46.